The number of aromatic nitrogens is 3. The normalized spacial score (nSPS) is 11.4. The van der Waals surface area contributed by atoms with Gasteiger partial charge < -0.3 is 20.1 Å². The fourth-order valence-electron chi connectivity index (χ4n) is 2.41. The second kappa shape index (κ2) is 11.9. The topological polar surface area (TPSA) is 96.5 Å². The van der Waals surface area contributed by atoms with Crippen LogP contribution >= 0.6 is 0 Å². The Bertz CT molecular complexity index is 684. The molecule has 0 aliphatic rings. The zero-order valence-electron chi connectivity index (χ0n) is 16.4. The van der Waals surface area contributed by atoms with Crippen molar-refractivity contribution in [2.24, 2.45) is 4.99 Å². The van der Waals surface area contributed by atoms with Crippen molar-refractivity contribution in [2.45, 2.75) is 33.2 Å². The Labute approximate surface area is 160 Å². The van der Waals surface area contributed by atoms with Gasteiger partial charge >= 0.3 is 0 Å². The molecule has 0 aliphatic heterocycles. The van der Waals surface area contributed by atoms with E-state index in [1.54, 1.807) is 7.11 Å². The van der Waals surface area contributed by atoms with E-state index in [1.807, 2.05) is 38.1 Å². The number of methoxy groups -OCH3 is 1. The summed E-state index contributed by atoms with van der Waals surface area (Å²) < 4.78 is 10.5. The number of hydrogen-bond donors (Lipinski definition) is 3. The average molecular weight is 374 g/mol. The Hall–Kier alpha value is -2.61. The van der Waals surface area contributed by atoms with Gasteiger partial charge in [-0.05, 0) is 51.0 Å². The van der Waals surface area contributed by atoms with Crippen LogP contribution in [0, 0.1) is 0 Å². The van der Waals surface area contributed by atoms with E-state index in [9.17, 15) is 0 Å². The fraction of sp³-hybridized carbons (Fsp3) is 0.526. The number of nitrogens with one attached hydrogen (secondary N) is 3. The van der Waals surface area contributed by atoms with E-state index < -0.39 is 0 Å². The molecular formula is C19H30N6O2. The van der Waals surface area contributed by atoms with E-state index in [0.717, 1.165) is 62.2 Å². The molecule has 8 heteroatoms. The van der Waals surface area contributed by atoms with Crippen molar-refractivity contribution in [2.75, 3.05) is 33.4 Å². The number of guanidine groups is 1. The predicted octanol–water partition coefficient (Wildman–Crippen LogP) is 2.35. The predicted molar refractivity (Wildman–Crippen MR) is 107 cm³/mol. The van der Waals surface area contributed by atoms with Gasteiger partial charge in [0.25, 0.3) is 0 Å². The van der Waals surface area contributed by atoms with Crippen LogP contribution in [0.25, 0.3) is 11.4 Å². The first-order chi connectivity index (χ1) is 13.3. The number of aliphatic imine (C=N–C) groups is 1. The van der Waals surface area contributed by atoms with E-state index in [4.69, 9.17) is 9.47 Å². The van der Waals surface area contributed by atoms with Gasteiger partial charge in [-0.1, -0.05) is 0 Å². The lowest BCUT2D eigenvalue weighted by Gasteiger charge is -2.10. The Morgan fingerprint density at radius 2 is 1.96 bits per heavy atom. The smallest absolute Gasteiger partial charge is 0.191 e. The molecule has 0 saturated heterocycles. The monoisotopic (exact) mass is 374 g/mol. The molecule has 0 atom stereocenters. The Kier molecular flexibility index (Phi) is 9.12. The summed E-state index contributed by atoms with van der Waals surface area (Å²) in [7, 11) is 1.65. The minimum atomic E-state index is 0.428. The first kappa shape index (κ1) is 20.7. The van der Waals surface area contributed by atoms with Crippen LogP contribution < -0.4 is 15.4 Å². The number of hydrogen-bond acceptors (Lipinski definition) is 5. The largest absolute Gasteiger partial charge is 0.497 e. The van der Waals surface area contributed by atoms with Gasteiger partial charge in [0.2, 0.25) is 0 Å². The summed E-state index contributed by atoms with van der Waals surface area (Å²) in [4.78, 5) is 9.07. The van der Waals surface area contributed by atoms with Gasteiger partial charge in [-0.3, -0.25) is 5.10 Å². The molecule has 0 bridgehead atoms. The quantitative estimate of drug-likeness (QED) is 0.317. The van der Waals surface area contributed by atoms with Gasteiger partial charge in [-0.15, -0.1) is 0 Å². The van der Waals surface area contributed by atoms with Gasteiger partial charge in [0.05, 0.1) is 7.11 Å². The van der Waals surface area contributed by atoms with Crippen LogP contribution in [0.3, 0.4) is 0 Å². The van der Waals surface area contributed by atoms with E-state index in [-0.39, 0.29) is 0 Å². The number of nitrogens with zero attached hydrogens (tertiary/aromatic N) is 3. The highest BCUT2D eigenvalue weighted by atomic mass is 16.5. The molecule has 0 unspecified atom stereocenters. The molecule has 0 fully saturated rings. The number of ether oxygens (including phenoxy) is 2. The third-order valence-corrected chi connectivity index (χ3v) is 3.82. The van der Waals surface area contributed by atoms with Crippen LogP contribution in [0.5, 0.6) is 5.75 Å². The molecule has 148 valence electrons. The molecule has 2 rings (SSSR count). The van der Waals surface area contributed by atoms with Gasteiger partial charge in [-0.2, -0.15) is 5.10 Å². The van der Waals surface area contributed by atoms with Crippen molar-refractivity contribution in [1.29, 1.82) is 0 Å². The van der Waals surface area contributed by atoms with Crippen molar-refractivity contribution in [1.82, 2.24) is 25.8 Å². The lowest BCUT2D eigenvalue weighted by molar-refractivity contribution is 0.143. The van der Waals surface area contributed by atoms with Crippen LogP contribution in [-0.2, 0) is 11.3 Å². The molecule has 1 heterocycles. The lowest BCUT2D eigenvalue weighted by Crippen LogP contribution is -2.37. The number of rotatable bonds is 11. The minimum absolute atomic E-state index is 0.428. The van der Waals surface area contributed by atoms with Gasteiger partial charge in [0, 0.05) is 31.9 Å². The van der Waals surface area contributed by atoms with Crippen molar-refractivity contribution < 1.29 is 9.47 Å². The highest BCUT2D eigenvalue weighted by Crippen LogP contribution is 2.18. The summed E-state index contributed by atoms with van der Waals surface area (Å²) in [6, 6.07) is 7.65. The van der Waals surface area contributed by atoms with Crippen molar-refractivity contribution in [3.05, 3.63) is 30.1 Å². The van der Waals surface area contributed by atoms with E-state index in [2.05, 4.69) is 30.8 Å². The average Bonchev–Trinajstić information content (AvgIpc) is 3.17. The first-order valence-electron chi connectivity index (χ1n) is 9.42. The molecule has 1 aromatic heterocycles. The Balaban J connectivity index is 1.86. The third kappa shape index (κ3) is 7.26. The standard InChI is InChI=1S/C19H30N6O2/c1-4-20-19(21-12-6-7-13-27-5-2)22-14-17-23-18(25-24-17)15-8-10-16(26-3)11-9-15/h8-11H,4-7,12-14H2,1-3H3,(H2,20,21,22)(H,23,24,25). The zero-order valence-corrected chi connectivity index (χ0v) is 16.4. The number of benzene rings is 1. The summed E-state index contributed by atoms with van der Waals surface area (Å²) in [5.74, 6) is 2.95. The van der Waals surface area contributed by atoms with Crippen molar-refractivity contribution >= 4 is 5.96 Å². The molecule has 0 spiro atoms. The molecule has 0 saturated carbocycles. The molecule has 1 aromatic carbocycles. The van der Waals surface area contributed by atoms with Crippen LogP contribution in [0.1, 0.15) is 32.5 Å². The number of H-pyrrole nitrogens is 1. The maximum Gasteiger partial charge on any atom is 0.191 e. The highest BCUT2D eigenvalue weighted by molar-refractivity contribution is 5.79. The summed E-state index contributed by atoms with van der Waals surface area (Å²) >= 11 is 0. The van der Waals surface area contributed by atoms with Crippen LogP contribution in [0.4, 0.5) is 0 Å². The maximum absolute atomic E-state index is 5.35. The third-order valence-electron chi connectivity index (χ3n) is 3.82. The summed E-state index contributed by atoms with van der Waals surface area (Å²) in [5.41, 5.74) is 0.932. The number of aromatic amines is 1. The molecular weight excluding hydrogens is 344 g/mol. The summed E-state index contributed by atoms with van der Waals surface area (Å²) in [6.07, 6.45) is 2.07. The minimum Gasteiger partial charge on any atom is -0.497 e. The van der Waals surface area contributed by atoms with E-state index >= 15 is 0 Å². The lowest BCUT2D eigenvalue weighted by atomic mass is 10.2. The van der Waals surface area contributed by atoms with Crippen LogP contribution in [0.15, 0.2) is 29.3 Å². The summed E-state index contributed by atoms with van der Waals surface area (Å²) in [5, 5.41) is 13.8. The van der Waals surface area contributed by atoms with E-state index in [1.165, 1.54) is 0 Å². The molecule has 8 nitrogen and oxygen atoms in total. The zero-order chi connectivity index (χ0) is 19.3. The van der Waals surface area contributed by atoms with Crippen LogP contribution in [-0.4, -0.2) is 54.6 Å². The fourth-order valence-corrected chi connectivity index (χ4v) is 2.41. The maximum atomic E-state index is 5.35. The first-order valence-corrected chi connectivity index (χ1v) is 9.42. The van der Waals surface area contributed by atoms with Gasteiger partial charge in [0.1, 0.15) is 18.1 Å². The second-order valence-corrected chi connectivity index (χ2v) is 5.86. The molecule has 3 N–H and O–H groups in total. The highest BCUT2D eigenvalue weighted by Gasteiger charge is 2.06. The second-order valence-electron chi connectivity index (χ2n) is 5.86. The Morgan fingerprint density at radius 3 is 2.67 bits per heavy atom. The van der Waals surface area contributed by atoms with Gasteiger partial charge in [0.15, 0.2) is 11.8 Å². The van der Waals surface area contributed by atoms with Crippen molar-refractivity contribution in [3.63, 3.8) is 0 Å². The molecule has 2 aromatic rings. The van der Waals surface area contributed by atoms with Crippen LogP contribution in [0.2, 0.25) is 0 Å². The van der Waals surface area contributed by atoms with Crippen molar-refractivity contribution in [3.8, 4) is 17.1 Å². The summed E-state index contributed by atoms with van der Waals surface area (Å²) in [6.45, 7) is 7.72. The molecule has 0 radical (unpaired) electrons. The molecule has 27 heavy (non-hydrogen) atoms. The SMILES string of the molecule is CCNC(=NCc1nc(-c2ccc(OC)cc2)n[nH]1)NCCCCOCC. The Morgan fingerprint density at radius 1 is 1.15 bits per heavy atom. The number of unbranched alkanes of at least 4 members (excludes halogenated alkanes) is 1. The molecule has 0 amide bonds. The molecule has 0 aliphatic carbocycles. The van der Waals surface area contributed by atoms with E-state index in [0.29, 0.717) is 12.4 Å². The van der Waals surface area contributed by atoms with Gasteiger partial charge in [-0.25, -0.2) is 9.98 Å².